The molecule has 0 aliphatic rings. The minimum Gasteiger partial charge on any atom is -0.478 e. The number of hydrogen-bond acceptors (Lipinski definition) is 4. The largest absolute Gasteiger partial charge is 0.478 e. The Labute approximate surface area is 108 Å². The molecule has 2 aromatic rings. The second kappa shape index (κ2) is 6.02. The van der Waals surface area contributed by atoms with Crippen molar-refractivity contribution in [3.63, 3.8) is 0 Å². The minimum atomic E-state index is -0.951. The first-order chi connectivity index (χ1) is 8.75. The maximum Gasteiger partial charge on any atom is 0.328 e. The van der Waals surface area contributed by atoms with Crippen LogP contribution >= 0.6 is 11.8 Å². The van der Waals surface area contributed by atoms with Gasteiger partial charge in [-0.05, 0) is 17.2 Å². The smallest absolute Gasteiger partial charge is 0.328 e. The van der Waals surface area contributed by atoms with E-state index in [0.717, 1.165) is 22.4 Å². The summed E-state index contributed by atoms with van der Waals surface area (Å²) in [4.78, 5) is 14.5. The van der Waals surface area contributed by atoms with E-state index >= 15 is 0 Å². The van der Waals surface area contributed by atoms with Crippen molar-refractivity contribution in [2.24, 2.45) is 0 Å². The highest BCUT2D eigenvalue weighted by Gasteiger charge is 2.02. The Hall–Kier alpha value is -2.08. The molecule has 1 aromatic carbocycles. The van der Waals surface area contributed by atoms with Gasteiger partial charge in [-0.15, -0.1) is 0 Å². The zero-order valence-corrected chi connectivity index (χ0v) is 10.2. The highest BCUT2D eigenvalue weighted by molar-refractivity contribution is 7.98. The Kier molecular flexibility index (Phi) is 4.14. The summed E-state index contributed by atoms with van der Waals surface area (Å²) >= 11 is 1.52. The van der Waals surface area contributed by atoms with Crippen molar-refractivity contribution >= 4 is 23.8 Å². The van der Waals surface area contributed by atoms with E-state index in [0.29, 0.717) is 5.75 Å². The molecule has 5 nitrogen and oxygen atoms in total. The Morgan fingerprint density at radius 1 is 1.44 bits per heavy atom. The number of aliphatic carboxylic acids is 1. The number of H-pyrrole nitrogens is 1. The summed E-state index contributed by atoms with van der Waals surface area (Å²) in [5.74, 6) is -0.248. The van der Waals surface area contributed by atoms with Gasteiger partial charge in [0.25, 0.3) is 0 Å². The van der Waals surface area contributed by atoms with Crippen LogP contribution in [0.1, 0.15) is 11.1 Å². The van der Waals surface area contributed by atoms with Crippen LogP contribution in [0, 0.1) is 0 Å². The lowest BCUT2D eigenvalue weighted by molar-refractivity contribution is -0.131. The lowest BCUT2D eigenvalue weighted by Crippen LogP contribution is -1.89. The van der Waals surface area contributed by atoms with Crippen LogP contribution in [0.2, 0.25) is 0 Å². The highest BCUT2D eigenvalue weighted by Crippen LogP contribution is 2.21. The number of benzene rings is 1. The van der Waals surface area contributed by atoms with Gasteiger partial charge in [0.2, 0.25) is 0 Å². The van der Waals surface area contributed by atoms with Gasteiger partial charge in [-0.2, -0.15) is 5.10 Å². The lowest BCUT2D eigenvalue weighted by Gasteiger charge is -2.03. The third-order valence-electron chi connectivity index (χ3n) is 2.22. The van der Waals surface area contributed by atoms with Gasteiger partial charge in [0.1, 0.15) is 6.33 Å². The fourth-order valence-corrected chi connectivity index (χ4v) is 2.19. The first kappa shape index (κ1) is 12.4. The molecule has 0 fully saturated rings. The van der Waals surface area contributed by atoms with Crippen LogP contribution < -0.4 is 0 Å². The molecule has 92 valence electrons. The number of hydrogen-bond donors (Lipinski definition) is 2. The summed E-state index contributed by atoms with van der Waals surface area (Å²) in [6.07, 6.45) is 4.19. The van der Waals surface area contributed by atoms with Gasteiger partial charge in [0.15, 0.2) is 5.16 Å². The number of carboxylic acids is 1. The SMILES string of the molecule is O=C(O)C=Cc1ccccc1CSc1ncn[nH]1. The van der Waals surface area contributed by atoms with Gasteiger partial charge in [-0.3, -0.25) is 5.10 Å². The Morgan fingerprint density at radius 3 is 3.00 bits per heavy atom. The van der Waals surface area contributed by atoms with Crippen LogP contribution in [0.5, 0.6) is 0 Å². The summed E-state index contributed by atoms with van der Waals surface area (Å²) in [5.41, 5.74) is 1.95. The molecule has 2 N–H and O–H groups in total. The van der Waals surface area contributed by atoms with E-state index in [9.17, 15) is 4.79 Å². The van der Waals surface area contributed by atoms with Crippen LogP contribution in [-0.4, -0.2) is 26.3 Å². The molecule has 0 aliphatic carbocycles. The van der Waals surface area contributed by atoms with E-state index in [1.54, 1.807) is 6.08 Å². The van der Waals surface area contributed by atoms with Gasteiger partial charge < -0.3 is 5.11 Å². The van der Waals surface area contributed by atoms with Crippen LogP contribution in [0.15, 0.2) is 41.8 Å². The summed E-state index contributed by atoms with van der Waals surface area (Å²) in [5, 5.41) is 15.9. The van der Waals surface area contributed by atoms with Crippen molar-refractivity contribution in [2.45, 2.75) is 10.9 Å². The normalized spacial score (nSPS) is 10.9. The monoisotopic (exact) mass is 261 g/mol. The molecule has 0 aliphatic heterocycles. The maximum atomic E-state index is 10.5. The molecule has 2 rings (SSSR count). The van der Waals surface area contributed by atoms with E-state index in [-0.39, 0.29) is 0 Å². The van der Waals surface area contributed by atoms with E-state index < -0.39 is 5.97 Å². The molecule has 0 spiro atoms. The predicted molar refractivity (Wildman–Crippen MR) is 69.1 cm³/mol. The van der Waals surface area contributed by atoms with Gasteiger partial charge in [-0.1, -0.05) is 36.0 Å². The molecule has 0 unspecified atom stereocenters. The number of nitrogens with zero attached hydrogens (tertiary/aromatic N) is 2. The molecule has 18 heavy (non-hydrogen) atoms. The first-order valence-corrected chi connectivity index (χ1v) is 6.21. The van der Waals surface area contributed by atoms with Crippen LogP contribution in [-0.2, 0) is 10.5 Å². The maximum absolute atomic E-state index is 10.5. The van der Waals surface area contributed by atoms with E-state index in [1.165, 1.54) is 18.1 Å². The fraction of sp³-hybridized carbons (Fsp3) is 0.0833. The number of thioether (sulfide) groups is 1. The summed E-state index contributed by atoms with van der Waals surface area (Å²) in [7, 11) is 0. The van der Waals surface area contributed by atoms with E-state index in [4.69, 9.17) is 5.11 Å². The zero-order chi connectivity index (χ0) is 12.8. The third kappa shape index (κ3) is 3.46. The number of carboxylic acid groups (broad SMARTS) is 1. The zero-order valence-electron chi connectivity index (χ0n) is 9.41. The van der Waals surface area contributed by atoms with Crippen molar-refractivity contribution in [1.82, 2.24) is 15.2 Å². The molecule has 1 aromatic heterocycles. The number of carbonyl (C=O) groups is 1. The molecule has 1 heterocycles. The number of nitrogens with one attached hydrogen (secondary N) is 1. The van der Waals surface area contributed by atoms with Gasteiger partial charge >= 0.3 is 5.97 Å². The fourth-order valence-electron chi connectivity index (χ4n) is 1.40. The Balaban J connectivity index is 2.09. The molecule has 0 amide bonds. The minimum absolute atomic E-state index is 0.704. The molecule has 6 heteroatoms. The Morgan fingerprint density at radius 2 is 2.28 bits per heavy atom. The van der Waals surface area contributed by atoms with Crippen molar-refractivity contribution in [3.8, 4) is 0 Å². The summed E-state index contributed by atoms with van der Waals surface area (Å²) in [6.45, 7) is 0. The van der Waals surface area contributed by atoms with E-state index in [2.05, 4.69) is 15.2 Å². The number of aromatic amines is 1. The third-order valence-corrected chi connectivity index (χ3v) is 3.14. The number of aromatic nitrogens is 3. The van der Waals surface area contributed by atoms with Gasteiger partial charge in [0.05, 0.1) is 0 Å². The molecule has 0 radical (unpaired) electrons. The summed E-state index contributed by atoms with van der Waals surface area (Å²) in [6, 6.07) is 7.65. The van der Waals surface area contributed by atoms with Crippen molar-refractivity contribution < 1.29 is 9.90 Å². The van der Waals surface area contributed by atoms with Crippen molar-refractivity contribution in [1.29, 1.82) is 0 Å². The van der Waals surface area contributed by atoms with Crippen molar-refractivity contribution in [3.05, 3.63) is 47.8 Å². The van der Waals surface area contributed by atoms with Gasteiger partial charge in [0, 0.05) is 11.8 Å². The topological polar surface area (TPSA) is 78.9 Å². The van der Waals surface area contributed by atoms with Gasteiger partial charge in [-0.25, -0.2) is 9.78 Å². The lowest BCUT2D eigenvalue weighted by atomic mass is 10.1. The molecular weight excluding hydrogens is 250 g/mol. The Bertz CT molecular complexity index is 552. The first-order valence-electron chi connectivity index (χ1n) is 5.23. The van der Waals surface area contributed by atoms with E-state index in [1.807, 2.05) is 24.3 Å². The molecule has 0 saturated carbocycles. The average molecular weight is 261 g/mol. The second-order valence-corrected chi connectivity index (χ2v) is 4.41. The molecule has 0 saturated heterocycles. The molecule has 0 bridgehead atoms. The number of rotatable bonds is 5. The van der Waals surface area contributed by atoms with Crippen LogP contribution in [0.3, 0.4) is 0 Å². The quantitative estimate of drug-likeness (QED) is 0.637. The van der Waals surface area contributed by atoms with Crippen molar-refractivity contribution in [2.75, 3.05) is 0 Å². The van der Waals surface area contributed by atoms with Crippen LogP contribution in [0.4, 0.5) is 0 Å². The second-order valence-electron chi connectivity index (χ2n) is 3.45. The van der Waals surface area contributed by atoms with Crippen LogP contribution in [0.25, 0.3) is 6.08 Å². The summed E-state index contributed by atoms with van der Waals surface area (Å²) < 4.78 is 0. The molecular formula is C12H11N3O2S. The highest BCUT2D eigenvalue weighted by atomic mass is 32.2. The average Bonchev–Trinajstić information content (AvgIpc) is 2.88. The predicted octanol–water partition coefficient (Wildman–Crippen LogP) is 2.19. The molecule has 0 atom stereocenters. The standard InChI is InChI=1S/C12H11N3O2S/c16-11(17)6-5-9-3-1-2-4-10(9)7-18-12-13-8-14-15-12/h1-6,8H,7H2,(H,16,17)(H,13,14,15).